The third-order valence-corrected chi connectivity index (χ3v) is 3.54. The molecule has 0 fully saturated rings. The van der Waals surface area contributed by atoms with Gasteiger partial charge in [-0.15, -0.1) is 11.8 Å². The Morgan fingerprint density at radius 2 is 2.00 bits per heavy atom. The second kappa shape index (κ2) is 6.91. The average Bonchev–Trinajstić information content (AvgIpc) is 2.42. The molecule has 1 aromatic heterocycles. The largest absolute Gasteiger partial charge is 0.494 e. The van der Waals surface area contributed by atoms with Crippen LogP contribution < -0.4 is 10.5 Å². The maximum atomic E-state index is 5.81. The molecule has 0 unspecified atom stereocenters. The van der Waals surface area contributed by atoms with E-state index in [2.05, 4.69) is 4.98 Å². The van der Waals surface area contributed by atoms with Crippen LogP contribution in [0.25, 0.3) is 0 Å². The highest BCUT2D eigenvalue weighted by molar-refractivity contribution is 7.99. The number of nitrogens with zero attached hydrogens (tertiary/aromatic N) is 1. The zero-order valence-electron chi connectivity index (χ0n) is 10.1. The van der Waals surface area contributed by atoms with E-state index in [1.807, 2.05) is 36.4 Å². The lowest BCUT2D eigenvalue weighted by Crippen LogP contribution is -1.98. The molecule has 0 aliphatic heterocycles. The highest BCUT2D eigenvalue weighted by atomic mass is 32.2. The molecule has 2 N–H and O–H groups in total. The van der Waals surface area contributed by atoms with Gasteiger partial charge in [0.15, 0.2) is 0 Å². The van der Waals surface area contributed by atoms with Gasteiger partial charge in [0.1, 0.15) is 5.75 Å². The monoisotopic (exact) mass is 260 g/mol. The lowest BCUT2D eigenvalue weighted by molar-refractivity contribution is 0.319. The first-order chi connectivity index (χ1) is 8.86. The molecule has 0 spiro atoms. The summed E-state index contributed by atoms with van der Waals surface area (Å²) in [5, 5.41) is 0. The van der Waals surface area contributed by atoms with E-state index in [1.165, 1.54) is 0 Å². The third-order valence-electron chi connectivity index (χ3n) is 2.37. The molecule has 3 nitrogen and oxygen atoms in total. The second-order valence-electron chi connectivity index (χ2n) is 3.78. The second-order valence-corrected chi connectivity index (χ2v) is 4.91. The maximum Gasteiger partial charge on any atom is 0.119 e. The third kappa shape index (κ3) is 3.96. The lowest BCUT2D eigenvalue weighted by Gasteiger charge is -2.06. The van der Waals surface area contributed by atoms with Crippen molar-refractivity contribution in [2.75, 3.05) is 18.1 Å². The summed E-state index contributed by atoms with van der Waals surface area (Å²) in [5.74, 6) is 1.91. The standard InChI is InChI=1S/C14H16N2OS/c15-13-11-16-8-7-14(13)18-10-4-9-17-12-5-2-1-3-6-12/h1-3,5-8,11H,4,9-10,15H2. The highest BCUT2D eigenvalue weighted by Gasteiger charge is 1.99. The average molecular weight is 260 g/mol. The topological polar surface area (TPSA) is 48.1 Å². The Bertz CT molecular complexity index is 476. The first-order valence-corrected chi connectivity index (χ1v) is 6.85. The number of aromatic nitrogens is 1. The summed E-state index contributed by atoms with van der Waals surface area (Å²) in [4.78, 5) is 5.05. The first-order valence-electron chi connectivity index (χ1n) is 5.86. The first kappa shape index (κ1) is 12.8. The molecule has 0 saturated heterocycles. The molecular weight excluding hydrogens is 244 g/mol. The molecule has 2 rings (SSSR count). The number of nitrogen functional groups attached to an aromatic ring is 1. The summed E-state index contributed by atoms with van der Waals surface area (Å²) in [5.41, 5.74) is 6.55. The zero-order valence-corrected chi connectivity index (χ0v) is 10.9. The van der Waals surface area contributed by atoms with E-state index in [0.29, 0.717) is 0 Å². The molecule has 0 aliphatic carbocycles. The zero-order chi connectivity index (χ0) is 12.6. The van der Waals surface area contributed by atoms with Crippen molar-refractivity contribution in [3.05, 3.63) is 48.8 Å². The van der Waals surface area contributed by atoms with E-state index < -0.39 is 0 Å². The van der Waals surface area contributed by atoms with Crippen LogP contribution in [-0.2, 0) is 0 Å². The number of para-hydroxylation sites is 1. The molecule has 0 saturated carbocycles. The molecule has 4 heteroatoms. The van der Waals surface area contributed by atoms with Gasteiger partial charge < -0.3 is 10.5 Å². The van der Waals surface area contributed by atoms with Gasteiger partial charge in [-0.05, 0) is 24.6 Å². The van der Waals surface area contributed by atoms with Gasteiger partial charge in [-0.1, -0.05) is 18.2 Å². The summed E-state index contributed by atoms with van der Waals surface area (Å²) in [6.45, 7) is 0.724. The van der Waals surface area contributed by atoms with Crippen molar-refractivity contribution in [3.63, 3.8) is 0 Å². The van der Waals surface area contributed by atoms with Crippen LogP contribution in [0.5, 0.6) is 5.75 Å². The minimum absolute atomic E-state index is 0.724. The van der Waals surface area contributed by atoms with Crippen molar-refractivity contribution < 1.29 is 4.74 Å². The number of thioether (sulfide) groups is 1. The maximum absolute atomic E-state index is 5.81. The highest BCUT2D eigenvalue weighted by Crippen LogP contribution is 2.23. The van der Waals surface area contributed by atoms with Gasteiger partial charge in [-0.3, -0.25) is 4.98 Å². The summed E-state index contributed by atoms with van der Waals surface area (Å²) < 4.78 is 5.62. The summed E-state index contributed by atoms with van der Waals surface area (Å²) in [6.07, 6.45) is 4.43. The van der Waals surface area contributed by atoms with E-state index in [1.54, 1.807) is 24.2 Å². The smallest absolute Gasteiger partial charge is 0.119 e. The van der Waals surface area contributed by atoms with Gasteiger partial charge >= 0.3 is 0 Å². The molecule has 1 heterocycles. The fourth-order valence-corrected chi connectivity index (χ4v) is 2.33. The molecule has 2 aromatic rings. The Morgan fingerprint density at radius 3 is 2.78 bits per heavy atom. The molecule has 0 aliphatic rings. The van der Waals surface area contributed by atoms with Gasteiger partial charge in [-0.2, -0.15) is 0 Å². The number of nitrogens with two attached hydrogens (primary N) is 1. The number of rotatable bonds is 6. The number of benzene rings is 1. The van der Waals surface area contributed by atoms with E-state index in [9.17, 15) is 0 Å². The molecule has 1 aromatic carbocycles. The summed E-state index contributed by atoms with van der Waals surface area (Å²) >= 11 is 1.74. The lowest BCUT2D eigenvalue weighted by atomic mass is 10.3. The number of ether oxygens (including phenoxy) is 1. The molecule has 0 bridgehead atoms. The Balaban J connectivity index is 1.66. The van der Waals surface area contributed by atoms with Gasteiger partial charge in [0, 0.05) is 16.8 Å². The predicted molar refractivity (Wildman–Crippen MR) is 75.9 cm³/mol. The van der Waals surface area contributed by atoms with E-state index >= 15 is 0 Å². The SMILES string of the molecule is Nc1cnccc1SCCCOc1ccccc1. The van der Waals surface area contributed by atoms with Crippen molar-refractivity contribution in [2.24, 2.45) is 0 Å². The van der Waals surface area contributed by atoms with Crippen LogP contribution in [0.2, 0.25) is 0 Å². The fourth-order valence-electron chi connectivity index (χ4n) is 1.47. The van der Waals surface area contributed by atoms with Crippen molar-refractivity contribution in [3.8, 4) is 5.75 Å². The minimum Gasteiger partial charge on any atom is -0.494 e. The van der Waals surface area contributed by atoms with E-state index in [0.717, 1.165) is 35.1 Å². The van der Waals surface area contributed by atoms with Crippen LogP contribution in [-0.4, -0.2) is 17.3 Å². The number of hydrogen-bond acceptors (Lipinski definition) is 4. The fraction of sp³-hybridized carbons (Fsp3) is 0.214. The predicted octanol–water partition coefficient (Wildman–Crippen LogP) is 3.23. The van der Waals surface area contributed by atoms with Crippen LogP contribution in [0.3, 0.4) is 0 Å². The molecule has 0 amide bonds. The molecule has 18 heavy (non-hydrogen) atoms. The summed E-state index contributed by atoms with van der Waals surface area (Å²) in [6, 6.07) is 11.8. The van der Waals surface area contributed by atoms with E-state index in [-0.39, 0.29) is 0 Å². The molecule has 0 atom stereocenters. The minimum atomic E-state index is 0.724. The number of hydrogen-bond donors (Lipinski definition) is 1. The Kier molecular flexibility index (Phi) is 4.90. The quantitative estimate of drug-likeness (QED) is 0.640. The Labute approximate surface area is 111 Å². The number of anilines is 1. The Morgan fingerprint density at radius 1 is 1.17 bits per heavy atom. The summed E-state index contributed by atoms with van der Waals surface area (Å²) in [7, 11) is 0. The van der Waals surface area contributed by atoms with Crippen molar-refractivity contribution in [2.45, 2.75) is 11.3 Å². The van der Waals surface area contributed by atoms with Gasteiger partial charge in [-0.25, -0.2) is 0 Å². The van der Waals surface area contributed by atoms with Crippen molar-refractivity contribution in [1.29, 1.82) is 0 Å². The molecule has 0 radical (unpaired) electrons. The number of pyridine rings is 1. The van der Waals surface area contributed by atoms with Gasteiger partial charge in [0.2, 0.25) is 0 Å². The van der Waals surface area contributed by atoms with Gasteiger partial charge in [0.05, 0.1) is 18.5 Å². The van der Waals surface area contributed by atoms with Crippen molar-refractivity contribution >= 4 is 17.4 Å². The molecule has 94 valence electrons. The van der Waals surface area contributed by atoms with Crippen LogP contribution in [0.4, 0.5) is 5.69 Å². The van der Waals surface area contributed by atoms with E-state index in [4.69, 9.17) is 10.5 Å². The van der Waals surface area contributed by atoms with Crippen LogP contribution >= 0.6 is 11.8 Å². The van der Waals surface area contributed by atoms with Crippen LogP contribution in [0.15, 0.2) is 53.7 Å². The van der Waals surface area contributed by atoms with Crippen LogP contribution in [0, 0.1) is 0 Å². The normalized spacial score (nSPS) is 10.2. The van der Waals surface area contributed by atoms with Crippen LogP contribution in [0.1, 0.15) is 6.42 Å². The Hall–Kier alpha value is -1.68. The molecular formula is C14H16N2OS. The van der Waals surface area contributed by atoms with Crippen molar-refractivity contribution in [1.82, 2.24) is 4.98 Å². The van der Waals surface area contributed by atoms with Gasteiger partial charge in [0.25, 0.3) is 0 Å².